The lowest BCUT2D eigenvalue weighted by atomic mass is 9.92. The van der Waals surface area contributed by atoms with E-state index in [9.17, 15) is 0 Å². The molecule has 1 aliphatic rings. The number of rotatable bonds is 7. The van der Waals surface area contributed by atoms with Crippen molar-refractivity contribution in [1.82, 2.24) is 5.23 Å². The van der Waals surface area contributed by atoms with Crippen molar-refractivity contribution in [2.45, 2.75) is 77.3 Å². The van der Waals surface area contributed by atoms with Crippen molar-refractivity contribution in [2.24, 2.45) is 0 Å². The summed E-state index contributed by atoms with van der Waals surface area (Å²) in [6.07, 6.45) is 2.57. The van der Waals surface area contributed by atoms with Gasteiger partial charge in [-0.05, 0) is 30.1 Å². The fourth-order valence-corrected chi connectivity index (χ4v) is 3.42. The van der Waals surface area contributed by atoms with Gasteiger partial charge in [0, 0.05) is 18.9 Å². The summed E-state index contributed by atoms with van der Waals surface area (Å²) in [7, 11) is -2.05. The van der Waals surface area contributed by atoms with E-state index in [2.05, 4.69) is 71.6 Å². The maximum atomic E-state index is 6.41. The second kappa shape index (κ2) is 8.70. The van der Waals surface area contributed by atoms with Crippen LogP contribution < -0.4 is 0 Å². The number of hydrogen-bond acceptors (Lipinski definition) is 4. The Hall–Kier alpha value is -1.14. The highest BCUT2D eigenvalue weighted by Gasteiger charge is 2.43. The van der Waals surface area contributed by atoms with Crippen LogP contribution >= 0.6 is 0 Å². The van der Waals surface area contributed by atoms with E-state index in [-0.39, 0.29) is 17.2 Å². The third-order valence-electron chi connectivity index (χ3n) is 5.40. The number of hydroxylamine groups is 2. The second-order valence-corrected chi connectivity index (χ2v) is 13.3. The summed E-state index contributed by atoms with van der Waals surface area (Å²) >= 11 is 0. The highest BCUT2D eigenvalue weighted by molar-refractivity contribution is 6.74. The third-order valence-corrected chi connectivity index (χ3v) is 9.63. The van der Waals surface area contributed by atoms with Gasteiger partial charge in [-0.3, -0.25) is 4.53 Å². The monoisotopic (exact) mass is 377 g/mol. The minimum Gasteiger partial charge on any atom is -0.350 e. The van der Waals surface area contributed by atoms with Crippen LogP contribution in [0.15, 0.2) is 42.6 Å². The summed E-state index contributed by atoms with van der Waals surface area (Å²) in [5.74, 6) is 0.126. The number of unbranched alkanes of at least 4 members (excludes halogenated alkanes) is 1. The zero-order valence-corrected chi connectivity index (χ0v) is 18.2. The van der Waals surface area contributed by atoms with Gasteiger partial charge in [-0.1, -0.05) is 71.0 Å². The zero-order chi connectivity index (χ0) is 19.4. The molecule has 26 heavy (non-hydrogen) atoms. The molecule has 0 N–H and O–H groups in total. The van der Waals surface area contributed by atoms with E-state index in [1.165, 1.54) is 5.56 Å². The van der Waals surface area contributed by atoms with Crippen LogP contribution in [-0.4, -0.2) is 26.4 Å². The molecule has 2 atom stereocenters. The number of ether oxygens (including phenoxy) is 1. The summed E-state index contributed by atoms with van der Waals surface area (Å²) in [6.45, 7) is 18.2. The van der Waals surface area contributed by atoms with Gasteiger partial charge in [0.1, 0.15) is 0 Å². The lowest BCUT2D eigenvalue weighted by Crippen LogP contribution is -2.50. The zero-order valence-electron chi connectivity index (χ0n) is 17.2. The fourth-order valence-electron chi connectivity index (χ4n) is 2.57. The first-order valence-electron chi connectivity index (χ1n) is 9.67. The van der Waals surface area contributed by atoms with Crippen LogP contribution in [-0.2, 0) is 14.1 Å². The van der Waals surface area contributed by atoms with E-state index < -0.39 is 8.32 Å². The Balaban J connectivity index is 2.20. The molecule has 0 radical (unpaired) electrons. The molecule has 0 saturated carbocycles. The quantitative estimate of drug-likeness (QED) is 0.431. The Labute approximate surface area is 160 Å². The van der Waals surface area contributed by atoms with E-state index >= 15 is 0 Å². The minimum atomic E-state index is -2.05. The molecule has 1 heterocycles. The van der Waals surface area contributed by atoms with E-state index in [4.69, 9.17) is 14.1 Å². The van der Waals surface area contributed by atoms with Crippen LogP contribution in [0.1, 0.15) is 58.4 Å². The summed E-state index contributed by atoms with van der Waals surface area (Å²) < 4.78 is 12.4. The maximum Gasteiger partial charge on any atom is 0.232 e. The van der Waals surface area contributed by atoms with Gasteiger partial charge in [-0.15, -0.1) is 5.23 Å². The van der Waals surface area contributed by atoms with Gasteiger partial charge in [-0.25, -0.2) is 4.84 Å². The molecule has 4 nitrogen and oxygen atoms in total. The van der Waals surface area contributed by atoms with Gasteiger partial charge in [0.25, 0.3) is 0 Å². The van der Waals surface area contributed by atoms with Gasteiger partial charge in [-0.2, -0.15) is 0 Å². The Morgan fingerprint density at radius 2 is 1.88 bits per heavy atom. The Kier molecular flexibility index (Phi) is 7.08. The Morgan fingerprint density at radius 1 is 1.23 bits per heavy atom. The molecule has 0 aliphatic carbocycles. The average molecular weight is 378 g/mol. The topological polar surface area (TPSA) is 30.9 Å². The van der Waals surface area contributed by atoms with Crippen molar-refractivity contribution in [2.75, 3.05) is 6.61 Å². The molecule has 0 amide bonds. The molecule has 1 fully saturated rings. The molecule has 0 spiro atoms. The number of benzene rings is 1. The van der Waals surface area contributed by atoms with Gasteiger partial charge in [0.2, 0.25) is 8.32 Å². The molecule has 0 bridgehead atoms. The summed E-state index contributed by atoms with van der Waals surface area (Å²) in [4.78, 5) is 6.05. The molecule has 0 aromatic heterocycles. The predicted molar refractivity (Wildman–Crippen MR) is 109 cm³/mol. The van der Waals surface area contributed by atoms with Crippen molar-refractivity contribution in [1.29, 1.82) is 0 Å². The van der Waals surface area contributed by atoms with E-state index in [1.54, 1.807) is 5.23 Å². The van der Waals surface area contributed by atoms with Crippen molar-refractivity contribution >= 4 is 8.32 Å². The maximum absolute atomic E-state index is 6.41. The van der Waals surface area contributed by atoms with Crippen molar-refractivity contribution in [3.05, 3.63) is 48.2 Å². The molecular weight excluding hydrogens is 342 g/mol. The number of allylic oxidation sites excluding steroid dienone is 1. The van der Waals surface area contributed by atoms with Crippen molar-refractivity contribution in [3.8, 4) is 0 Å². The Morgan fingerprint density at radius 3 is 2.46 bits per heavy atom. The molecule has 1 aromatic rings. The van der Waals surface area contributed by atoms with Crippen molar-refractivity contribution in [3.63, 3.8) is 0 Å². The van der Waals surface area contributed by atoms with Gasteiger partial charge in [0.15, 0.2) is 6.29 Å². The van der Waals surface area contributed by atoms with Gasteiger partial charge >= 0.3 is 0 Å². The largest absolute Gasteiger partial charge is 0.350 e. The molecule has 2 rings (SSSR count). The predicted octanol–water partition coefficient (Wildman–Crippen LogP) is 6.00. The van der Waals surface area contributed by atoms with Crippen LogP contribution in [0.3, 0.4) is 0 Å². The van der Waals surface area contributed by atoms with Gasteiger partial charge in [0.05, 0.1) is 5.70 Å². The highest BCUT2D eigenvalue weighted by Crippen LogP contribution is 2.42. The molecule has 1 aromatic carbocycles. The van der Waals surface area contributed by atoms with Crippen LogP contribution in [0.2, 0.25) is 18.1 Å². The molecule has 5 heteroatoms. The van der Waals surface area contributed by atoms with Crippen LogP contribution in [0.5, 0.6) is 0 Å². The SMILES string of the molecule is C=C1[C@@H](c2ccccc2)C[C@@H](OCCCC)ON1O[Si](C)(C)C(C)(C)C. The fraction of sp³-hybridized carbons (Fsp3) is 0.619. The first kappa shape index (κ1) is 21.2. The normalized spacial score (nSPS) is 21.9. The molecular formula is C21H35NO3Si. The van der Waals surface area contributed by atoms with E-state index in [0.29, 0.717) is 6.61 Å². The van der Waals surface area contributed by atoms with E-state index in [0.717, 1.165) is 25.0 Å². The molecule has 0 unspecified atom stereocenters. The highest BCUT2D eigenvalue weighted by atomic mass is 28.4. The number of hydrogen-bond donors (Lipinski definition) is 0. The molecule has 1 aliphatic heterocycles. The van der Waals surface area contributed by atoms with Crippen LogP contribution in [0.25, 0.3) is 0 Å². The standard InChI is InChI=1S/C21H35NO3Si/c1-8-9-15-23-20-16-19(18-13-11-10-12-14-18)17(2)22(24-20)25-26(6,7)21(3,4)5/h10-14,19-20H,2,8-9,15-16H2,1,3-7H3/t19-,20-/m0/s1. The summed E-state index contributed by atoms with van der Waals surface area (Å²) in [5, 5.41) is 1.64. The lowest BCUT2D eigenvalue weighted by molar-refractivity contribution is -0.386. The van der Waals surface area contributed by atoms with Crippen LogP contribution in [0, 0.1) is 0 Å². The lowest BCUT2D eigenvalue weighted by Gasteiger charge is -2.45. The van der Waals surface area contributed by atoms with Crippen LogP contribution in [0.4, 0.5) is 0 Å². The van der Waals surface area contributed by atoms with Crippen molar-refractivity contribution < 1.29 is 14.1 Å². The molecule has 1 saturated heterocycles. The summed E-state index contributed by atoms with van der Waals surface area (Å²) in [5.41, 5.74) is 2.06. The van der Waals surface area contributed by atoms with Gasteiger partial charge < -0.3 is 4.74 Å². The third kappa shape index (κ3) is 5.19. The minimum absolute atomic E-state index is 0.0783. The smallest absolute Gasteiger partial charge is 0.232 e. The molecule has 146 valence electrons. The summed E-state index contributed by atoms with van der Waals surface area (Å²) in [6, 6.07) is 10.4. The second-order valence-electron chi connectivity index (χ2n) is 8.56. The average Bonchev–Trinajstić information content (AvgIpc) is 2.57. The number of nitrogens with zero attached hydrogens (tertiary/aromatic N) is 1. The first-order chi connectivity index (χ1) is 12.2. The Bertz CT molecular complexity index is 583. The van der Waals surface area contributed by atoms with E-state index in [1.807, 2.05) is 6.07 Å². The first-order valence-corrected chi connectivity index (χ1v) is 12.6.